The highest BCUT2D eigenvalue weighted by Gasteiger charge is 2.14. The predicted molar refractivity (Wildman–Crippen MR) is 102 cm³/mol. The van der Waals surface area contributed by atoms with Gasteiger partial charge in [-0.25, -0.2) is 4.79 Å². The first-order chi connectivity index (χ1) is 12.2. The molecule has 1 amide bonds. The Bertz CT molecular complexity index is 822. The van der Waals surface area contributed by atoms with E-state index >= 15 is 0 Å². The molecule has 26 heavy (non-hydrogen) atoms. The van der Waals surface area contributed by atoms with Gasteiger partial charge >= 0.3 is 5.97 Å². The molecule has 0 saturated carbocycles. The second kappa shape index (κ2) is 8.17. The molecule has 0 bridgehead atoms. The van der Waals surface area contributed by atoms with Gasteiger partial charge in [-0.3, -0.25) is 9.48 Å². The number of rotatable bonds is 7. The van der Waals surface area contributed by atoms with Crippen LogP contribution < -0.4 is 5.32 Å². The first kappa shape index (κ1) is 19.7. The number of carbonyl (C=O) groups excluding carboxylic acids is 1. The van der Waals surface area contributed by atoms with Crippen LogP contribution in [-0.2, 0) is 17.8 Å². The Morgan fingerprint density at radius 1 is 1.23 bits per heavy atom. The van der Waals surface area contributed by atoms with Crippen molar-refractivity contribution in [3.8, 4) is 0 Å². The van der Waals surface area contributed by atoms with Crippen LogP contribution in [0.5, 0.6) is 0 Å². The van der Waals surface area contributed by atoms with Gasteiger partial charge in [-0.1, -0.05) is 19.9 Å². The number of aromatic carboxylic acids is 1. The topological polar surface area (TPSA) is 84.2 Å². The average molecular weight is 357 g/mol. The van der Waals surface area contributed by atoms with Crippen LogP contribution in [0, 0.1) is 26.7 Å². The Hall–Kier alpha value is -2.63. The van der Waals surface area contributed by atoms with Crippen LogP contribution in [0.2, 0.25) is 0 Å². The van der Waals surface area contributed by atoms with Crippen LogP contribution in [0.25, 0.3) is 0 Å². The van der Waals surface area contributed by atoms with E-state index in [4.69, 9.17) is 0 Å². The fourth-order valence-electron chi connectivity index (χ4n) is 3.01. The fraction of sp³-hybridized carbons (Fsp3) is 0.450. The van der Waals surface area contributed by atoms with Crippen molar-refractivity contribution in [1.29, 1.82) is 0 Å². The largest absolute Gasteiger partial charge is 0.478 e. The summed E-state index contributed by atoms with van der Waals surface area (Å²) >= 11 is 0. The molecule has 2 N–H and O–H groups in total. The molecule has 2 rings (SSSR count). The minimum atomic E-state index is -0.998. The van der Waals surface area contributed by atoms with Gasteiger partial charge in [0.25, 0.3) is 0 Å². The number of hydrogen-bond donors (Lipinski definition) is 2. The first-order valence-electron chi connectivity index (χ1n) is 8.85. The number of carbonyl (C=O) groups is 2. The number of carboxylic acids is 1. The second-order valence-corrected chi connectivity index (χ2v) is 7.11. The Morgan fingerprint density at radius 3 is 2.54 bits per heavy atom. The second-order valence-electron chi connectivity index (χ2n) is 7.11. The third-order valence-electron chi connectivity index (χ3n) is 4.42. The van der Waals surface area contributed by atoms with Crippen molar-refractivity contribution < 1.29 is 14.7 Å². The van der Waals surface area contributed by atoms with E-state index in [1.807, 2.05) is 18.5 Å². The van der Waals surface area contributed by atoms with Crippen molar-refractivity contribution in [3.63, 3.8) is 0 Å². The number of hydrogen-bond acceptors (Lipinski definition) is 3. The van der Waals surface area contributed by atoms with Gasteiger partial charge < -0.3 is 10.4 Å². The molecule has 1 aromatic carbocycles. The zero-order valence-electron chi connectivity index (χ0n) is 16.1. The number of carboxylic acid groups (broad SMARTS) is 1. The summed E-state index contributed by atoms with van der Waals surface area (Å²) < 4.78 is 2.01. The Kier molecular flexibility index (Phi) is 6.18. The van der Waals surface area contributed by atoms with Gasteiger partial charge in [0.1, 0.15) is 0 Å². The van der Waals surface area contributed by atoms with Crippen molar-refractivity contribution in [2.24, 2.45) is 5.92 Å². The minimum absolute atomic E-state index is 0.138. The SMILES string of the molecule is Cc1ccc(NC(=O)CCc2c(C)nn(CC(C)C)c2C)cc1C(=O)O. The Labute approximate surface area is 154 Å². The molecule has 0 radical (unpaired) electrons. The zero-order chi connectivity index (χ0) is 19.4. The first-order valence-corrected chi connectivity index (χ1v) is 8.85. The summed E-state index contributed by atoms with van der Waals surface area (Å²) in [6.45, 7) is 10.9. The summed E-state index contributed by atoms with van der Waals surface area (Å²) in [5, 5.41) is 16.5. The average Bonchev–Trinajstić information content (AvgIpc) is 2.80. The van der Waals surface area contributed by atoms with Gasteiger partial charge in [-0.05, 0) is 56.4 Å². The molecular weight excluding hydrogens is 330 g/mol. The van der Waals surface area contributed by atoms with Gasteiger partial charge in [0.2, 0.25) is 5.91 Å². The highest BCUT2D eigenvalue weighted by atomic mass is 16.4. The number of aromatic nitrogens is 2. The number of benzene rings is 1. The number of nitrogens with zero attached hydrogens (tertiary/aromatic N) is 2. The molecule has 6 heteroatoms. The van der Waals surface area contributed by atoms with Crippen LogP contribution >= 0.6 is 0 Å². The summed E-state index contributed by atoms with van der Waals surface area (Å²) in [5.74, 6) is -0.628. The maximum atomic E-state index is 12.3. The van der Waals surface area contributed by atoms with Crippen molar-refractivity contribution in [1.82, 2.24) is 9.78 Å². The molecule has 1 aromatic heterocycles. The van der Waals surface area contributed by atoms with E-state index in [9.17, 15) is 14.7 Å². The summed E-state index contributed by atoms with van der Waals surface area (Å²) in [6.07, 6.45) is 0.935. The molecule has 140 valence electrons. The molecule has 1 heterocycles. The number of amides is 1. The molecule has 0 aliphatic heterocycles. The molecule has 0 spiro atoms. The van der Waals surface area contributed by atoms with Crippen LogP contribution in [-0.4, -0.2) is 26.8 Å². The van der Waals surface area contributed by atoms with Crippen molar-refractivity contribution in [2.45, 2.75) is 54.0 Å². The maximum Gasteiger partial charge on any atom is 0.336 e. The van der Waals surface area contributed by atoms with Crippen molar-refractivity contribution in [2.75, 3.05) is 5.32 Å². The quantitative estimate of drug-likeness (QED) is 0.791. The molecule has 0 saturated heterocycles. The molecule has 0 aliphatic carbocycles. The lowest BCUT2D eigenvalue weighted by Gasteiger charge is -2.09. The summed E-state index contributed by atoms with van der Waals surface area (Å²) in [4.78, 5) is 23.5. The summed E-state index contributed by atoms with van der Waals surface area (Å²) in [6, 6.07) is 4.91. The van der Waals surface area contributed by atoms with E-state index in [1.165, 1.54) is 6.07 Å². The van der Waals surface area contributed by atoms with E-state index in [0.29, 0.717) is 30.0 Å². The smallest absolute Gasteiger partial charge is 0.336 e. The third kappa shape index (κ3) is 4.71. The van der Waals surface area contributed by atoms with Gasteiger partial charge in [0.15, 0.2) is 0 Å². The van der Waals surface area contributed by atoms with Gasteiger partial charge in [0.05, 0.1) is 11.3 Å². The van der Waals surface area contributed by atoms with Crippen LogP contribution in [0.15, 0.2) is 18.2 Å². The monoisotopic (exact) mass is 357 g/mol. The van der Waals surface area contributed by atoms with Gasteiger partial charge in [-0.2, -0.15) is 5.10 Å². The van der Waals surface area contributed by atoms with Gasteiger partial charge in [-0.15, -0.1) is 0 Å². The molecule has 0 atom stereocenters. The number of aryl methyl sites for hydroxylation is 2. The summed E-state index contributed by atoms with van der Waals surface area (Å²) in [5.41, 5.74) is 4.54. The van der Waals surface area contributed by atoms with E-state index in [2.05, 4.69) is 24.3 Å². The van der Waals surface area contributed by atoms with E-state index in [0.717, 1.165) is 23.5 Å². The fourth-order valence-corrected chi connectivity index (χ4v) is 3.01. The minimum Gasteiger partial charge on any atom is -0.478 e. The molecule has 0 fully saturated rings. The maximum absolute atomic E-state index is 12.3. The van der Waals surface area contributed by atoms with Crippen molar-refractivity contribution >= 4 is 17.6 Å². The Balaban J connectivity index is 2.03. The highest BCUT2D eigenvalue weighted by Crippen LogP contribution is 2.18. The molecule has 6 nitrogen and oxygen atoms in total. The lowest BCUT2D eigenvalue weighted by molar-refractivity contribution is -0.116. The lowest BCUT2D eigenvalue weighted by atomic mass is 10.1. The standard InChI is InChI=1S/C20H27N3O3/c1-12(2)11-23-15(5)17(14(4)22-23)8-9-19(24)21-16-7-6-13(3)18(10-16)20(25)26/h6-7,10,12H,8-9,11H2,1-5H3,(H,21,24)(H,25,26). The predicted octanol–water partition coefficient (Wildman–Crippen LogP) is 3.73. The zero-order valence-corrected chi connectivity index (χ0v) is 16.1. The van der Waals surface area contributed by atoms with E-state index in [-0.39, 0.29) is 11.5 Å². The van der Waals surface area contributed by atoms with E-state index < -0.39 is 5.97 Å². The summed E-state index contributed by atoms with van der Waals surface area (Å²) in [7, 11) is 0. The third-order valence-corrected chi connectivity index (χ3v) is 4.42. The Morgan fingerprint density at radius 2 is 1.92 bits per heavy atom. The van der Waals surface area contributed by atoms with Gasteiger partial charge in [0, 0.05) is 24.3 Å². The van der Waals surface area contributed by atoms with E-state index in [1.54, 1.807) is 19.1 Å². The number of nitrogens with one attached hydrogen (secondary N) is 1. The highest BCUT2D eigenvalue weighted by molar-refractivity contribution is 5.94. The van der Waals surface area contributed by atoms with Crippen LogP contribution in [0.3, 0.4) is 0 Å². The number of anilines is 1. The lowest BCUT2D eigenvalue weighted by Crippen LogP contribution is -2.14. The molecule has 0 aliphatic rings. The molecular formula is C20H27N3O3. The molecule has 2 aromatic rings. The van der Waals surface area contributed by atoms with Crippen LogP contribution in [0.4, 0.5) is 5.69 Å². The van der Waals surface area contributed by atoms with Crippen molar-refractivity contribution in [3.05, 3.63) is 46.3 Å². The molecule has 0 unspecified atom stereocenters. The van der Waals surface area contributed by atoms with Crippen LogP contribution in [0.1, 0.15) is 53.1 Å². The normalized spacial score (nSPS) is 11.0.